The zero-order valence-corrected chi connectivity index (χ0v) is 17.6. The van der Waals surface area contributed by atoms with E-state index in [2.05, 4.69) is 11.4 Å². The van der Waals surface area contributed by atoms with E-state index >= 15 is 0 Å². The Hall–Kier alpha value is -3.60. The van der Waals surface area contributed by atoms with Gasteiger partial charge in [-0.15, -0.1) is 0 Å². The van der Waals surface area contributed by atoms with Crippen molar-refractivity contribution in [2.45, 2.75) is 32.2 Å². The minimum atomic E-state index is -0.940. The standard InChI is InChI=1S/C26H27NO4/c1-31-24-10-4-7-19(16-24)6-2-3-11-25(28)27-18-20-12-14-21(15-13-20)22-8-5-9-23(17-22)26(29)30/h4-5,7-10,12-17H,2-3,6,11,18H2,1H3,(H,27,28)(H,29,30). The van der Waals surface area contributed by atoms with Crippen LogP contribution in [0.2, 0.25) is 0 Å². The third-order valence-corrected chi connectivity index (χ3v) is 5.14. The van der Waals surface area contributed by atoms with Crippen LogP contribution in [0.1, 0.15) is 40.7 Å². The Bertz CT molecular complexity index is 1030. The van der Waals surface area contributed by atoms with Gasteiger partial charge in [-0.1, -0.05) is 48.5 Å². The predicted molar refractivity (Wildman–Crippen MR) is 121 cm³/mol. The zero-order valence-electron chi connectivity index (χ0n) is 17.6. The van der Waals surface area contributed by atoms with Crippen LogP contribution in [0.25, 0.3) is 11.1 Å². The van der Waals surface area contributed by atoms with Gasteiger partial charge in [0.2, 0.25) is 5.91 Å². The normalized spacial score (nSPS) is 10.5. The summed E-state index contributed by atoms with van der Waals surface area (Å²) in [6, 6.07) is 22.6. The number of carbonyl (C=O) groups is 2. The highest BCUT2D eigenvalue weighted by Gasteiger charge is 2.06. The highest BCUT2D eigenvalue weighted by molar-refractivity contribution is 5.89. The molecule has 5 heteroatoms. The number of carboxylic acid groups (broad SMARTS) is 1. The lowest BCUT2D eigenvalue weighted by Crippen LogP contribution is -2.22. The van der Waals surface area contributed by atoms with Crippen LogP contribution >= 0.6 is 0 Å². The number of methoxy groups -OCH3 is 1. The fourth-order valence-electron chi connectivity index (χ4n) is 3.38. The molecule has 0 heterocycles. The molecule has 5 nitrogen and oxygen atoms in total. The molecule has 2 N–H and O–H groups in total. The second-order valence-corrected chi connectivity index (χ2v) is 7.42. The Morgan fingerprint density at radius 3 is 2.39 bits per heavy atom. The molecule has 3 aromatic rings. The predicted octanol–water partition coefficient (Wildman–Crippen LogP) is 5.09. The van der Waals surface area contributed by atoms with Crippen LogP contribution in [0, 0.1) is 0 Å². The third kappa shape index (κ3) is 6.71. The number of benzene rings is 3. The summed E-state index contributed by atoms with van der Waals surface area (Å²) in [6.45, 7) is 0.476. The molecule has 0 aliphatic carbocycles. The number of hydrogen-bond donors (Lipinski definition) is 2. The summed E-state index contributed by atoms with van der Waals surface area (Å²) in [4.78, 5) is 23.3. The van der Waals surface area contributed by atoms with E-state index < -0.39 is 5.97 Å². The first-order valence-electron chi connectivity index (χ1n) is 10.4. The number of rotatable bonds is 10. The van der Waals surface area contributed by atoms with E-state index in [-0.39, 0.29) is 11.5 Å². The summed E-state index contributed by atoms with van der Waals surface area (Å²) in [5.41, 5.74) is 4.28. The molecule has 0 saturated heterocycles. The molecule has 3 rings (SSSR count). The fourth-order valence-corrected chi connectivity index (χ4v) is 3.38. The molecule has 3 aromatic carbocycles. The smallest absolute Gasteiger partial charge is 0.335 e. The van der Waals surface area contributed by atoms with E-state index in [9.17, 15) is 9.59 Å². The molecule has 0 unspecified atom stereocenters. The molecule has 0 radical (unpaired) electrons. The molecule has 0 bridgehead atoms. The summed E-state index contributed by atoms with van der Waals surface area (Å²) in [7, 11) is 1.66. The van der Waals surface area contributed by atoms with Gasteiger partial charge in [-0.2, -0.15) is 0 Å². The average Bonchev–Trinajstić information content (AvgIpc) is 2.81. The molecule has 31 heavy (non-hydrogen) atoms. The first-order chi connectivity index (χ1) is 15.0. The average molecular weight is 418 g/mol. The van der Waals surface area contributed by atoms with Crippen LogP contribution in [0.15, 0.2) is 72.8 Å². The Balaban J connectivity index is 1.42. The minimum Gasteiger partial charge on any atom is -0.497 e. The number of nitrogens with one attached hydrogen (secondary N) is 1. The lowest BCUT2D eigenvalue weighted by molar-refractivity contribution is -0.121. The largest absolute Gasteiger partial charge is 0.497 e. The maximum Gasteiger partial charge on any atom is 0.335 e. The van der Waals surface area contributed by atoms with Crippen molar-refractivity contribution >= 4 is 11.9 Å². The van der Waals surface area contributed by atoms with Gasteiger partial charge in [0.15, 0.2) is 0 Å². The third-order valence-electron chi connectivity index (χ3n) is 5.14. The summed E-state index contributed by atoms with van der Waals surface area (Å²) < 4.78 is 5.23. The molecule has 0 saturated carbocycles. The van der Waals surface area contributed by atoms with Crippen molar-refractivity contribution in [1.82, 2.24) is 5.32 Å². The molecule has 0 aliphatic rings. The van der Waals surface area contributed by atoms with Gasteiger partial charge in [-0.25, -0.2) is 4.79 Å². The van der Waals surface area contributed by atoms with E-state index in [0.717, 1.165) is 41.7 Å². The maximum absolute atomic E-state index is 12.1. The van der Waals surface area contributed by atoms with Crippen molar-refractivity contribution in [2.75, 3.05) is 7.11 Å². The molecule has 0 aliphatic heterocycles. The molecular formula is C26H27NO4. The van der Waals surface area contributed by atoms with Gasteiger partial charge in [0.25, 0.3) is 0 Å². The molecule has 0 fully saturated rings. The Morgan fingerprint density at radius 1 is 0.871 bits per heavy atom. The summed E-state index contributed by atoms with van der Waals surface area (Å²) in [5.74, 6) is -0.0376. The number of unbranched alkanes of at least 4 members (excludes halogenated alkanes) is 1. The van der Waals surface area contributed by atoms with Crippen molar-refractivity contribution < 1.29 is 19.4 Å². The molecule has 0 spiro atoms. The number of carbonyl (C=O) groups excluding carboxylic acids is 1. The first kappa shape index (κ1) is 22.1. The van der Waals surface area contributed by atoms with E-state index in [4.69, 9.17) is 9.84 Å². The summed E-state index contributed by atoms with van der Waals surface area (Å²) in [6.07, 6.45) is 3.21. The minimum absolute atomic E-state index is 0.0453. The SMILES string of the molecule is COc1cccc(CCCCC(=O)NCc2ccc(-c3cccc(C(=O)O)c3)cc2)c1. The van der Waals surface area contributed by atoms with Crippen LogP contribution in [0.3, 0.4) is 0 Å². The second kappa shape index (κ2) is 11.0. The van der Waals surface area contributed by atoms with Gasteiger partial charge in [0.05, 0.1) is 12.7 Å². The molecular weight excluding hydrogens is 390 g/mol. The lowest BCUT2D eigenvalue weighted by atomic mass is 10.0. The summed E-state index contributed by atoms with van der Waals surface area (Å²) >= 11 is 0. The van der Waals surface area contributed by atoms with E-state index in [1.807, 2.05) is 48.5 Å². The number of ether oxygens (including phenoxy) is 1. The highest BCUT2D eigenvalue weighted by atomic mass is 16.5. The van der Waals surface area contributed by atoms with Crippen LogP contribution in [0.4, 0.5) is 0 Å². The lowest BCUT2D eigenvalue weighted by Gasteiger charge is -2.08. The monoisotopic (exact) mass is 417 g/mol. The van der Waals surface area contributed by atoms with E-state index in [0.29, 0.717) is 13.0 Å². The topological polar surface area (TPSA) is 75.6 Å². The molecule has 1 amide bonds. The Labute approximate surface area is 182 Å². The van der Waals surface area contributed by atoms with E-state index in [1.54, 1.807) is 25.3 Å². The Kier molecular flexibility index (Phi) is 7.82. The van der Waals surface area contributed by atoms with Crippen molar-refractivity contribution in [1.29, 1.82) is 0 Å². The molecule has 0 atom stereocenters. The van der Waals surface area contributed by atoms with E-state index in [1.165, 1.54) is 5.56 Å². The van der Waals surface area contributed by atoms with Crippen LogP contribution in [-0.2, 0) is 17.8 Å². The number of aromatic carboxylic acids is 1. The van der Waals surface area contributed by atoms with Crippen LogP contribution < -0.4 is 10.1 Å². The summed E-state index contributed by atoms with van der Waals surface area (Å²) in [5, 5.41) is 12.1. The van der Waals surface area contributed by atoms with Crippen molar-refractivity contribution in [3.05, 3.63) is 89.5 Å². The fraction of sp³-hybridized carbons (Fsp3) is 0.231. The van der Waals surface area contributed by atoms with Gasteiger partial charge in [-0.05, 0) is 65.8 Å². The number of hydrogen-bond acceptors (Lipinski definition) is 3. The highest BCUT2D eigenvalue weighted by Crippen LogP contribution is 2.21. The van der Waals surface area contributed by atoms with Crippen LogP contribution in [0.5, 0.6) is 5.75 Å². The maximum atomic E-state index is 12.1. The first-order valence-corrected chi connectivity index (χ1v) is 10.4. The van der Waals surface area contributed by atoms with Gasteiger partial charge < -0.3 is 15.2 Å². The van der Waals surface area contributed by atoms with Crippen LogP contribution in [-0.4, -0.2) is 24.1 Å². The van der Waals surface area contributed by atoms with Crippen molar-refractivity contribution in [2.24, 2.45) is 0 Å². The van der Waals surface area contributed by atoms with Gasteiger partial charge in [-0.3, -0.25) is 4.79 Å². The number of carboxylic acids is 1. The van der Waals surface area contributed by atoms with Crippen molar-refractivity contribution in [3.8, 4) is 16.9 Å². The molecule has 0 aromatic heterocycles. The number of amides is 1. The molecule has 160 valence electrons. The Morgan fingerprint density at radius 2 is 1.65 bits per heavy atom. The quantitative estimate of drug-likeness (QED) is 0.451. The van der Waals surface area contributed by atoms with Crippen molar-refractivity contribution in [3.63, 3.8) is 0 Å². The van der Waals surface area contributed by atoms with Gasteiger partial charge in [0.1, 0.15) is 5.75 Å². The second-order valence-electron chi connectivity index (χ2n) is 7.42. The van der Waals surface area contributed by atoms with Gasteiger partial charge in [0, 0.05) is 13.0 Å². The van der Waals surface area contributed by atoms with Gasteiger partial charge >= 0.3 is 5.97 Å². The zero-order chi connectivity index (χ0) is 22.1. The number of aryl methyl sites for hydroxylation is 1.